The van der Waals surface area contributed by atoms with Gasteiger partial charge in [-0.1, -0.05) is 17.7 Å². The molecule has 0 fully saturated rings. The second-order valence-corrected chi connectivity index (χ2v) is 4.89. The number of benzene rings is 1. The highest BCUT2D eigenvalue weighted by atomic mass is 35.5. The van der Waals surface area contributed by atoms with Gasteiger partial charge in [-0.25, -0.2) is 0 Å². The van der Waals surface area contributed by atoms with E-state index < -0.39 is 17.7 Å². The van der Waals surface area contributed by atoms with Gasteiger partial charge in [-0.2, -0.15) is 0 Å². The molecule has 1 aromatic carbocycles. The van der Waals surface area contributed by atoms with Crippen LogP contribution in [0.5, 0.6) is 5.75 Å². The van der Waals surface area contributed by atoms with Crippen LogP contribution in [0.4, 0.5) is 13.2 Å². The first-order valence-corrected chi connectivity index (χ1v) is 5.28. The van der Waals surface area contributed by atoms with Crippen LogP contribution in [0.3, 0.4) is 0 Å². The molecule has 0 saturated carbocycles. The molecular weight excluding hydrogens is 255 g/mol. The number of rotatable bonds is 3. The average molecular weight is 268 g/mol. The predicted octanol–water partition coefficient (Wildman–Crippen LogP) is 3.52. The summed E-state index contributed by atoms with van der Waals surface area (Å²) in [5, 5.41) is -0.0796. The SMILES string of the molecule is CC(C)(N)Cc1ccc(OC(F)(F)F)c(Cl)c1. The van der Waals surface area contributed by atoms with Gasteiger partial charge in [-0.15, -0.1) is 13.2 Å². The first-order chi connectivity index (χ1) is 7.57. The van der Waals surface area contributed by atoms with E-state index in [-0.39, 0.29) is 5.02 Å². The minimum atomic E-state index is -4.74. The van der Waals surface area contributed by atoms with E-state index in [0.717, 1.165) is 5.56 Å². The van der Waals surface area contributed by atoms with Crippen molar-refractivity contribution in [2.45, 2.75) is 32.2 Å². The molecule has 2 nitrogen and oxygen atoms in total. The summed E-state index contributed by atoms with van der Waals surface area (Å²) in [5.74, 6) is -0.405. The topological polar surface area (TPSA) is 35.2 Å². The summed E-state index contributed by atoms with van der Waals surface area (Å²) in [7, 11) is 0. The summed E-state index contributed by atoms with van der Waals surface area (Å²) >= 11 is 5.70. The maximum absolute atomic E-state index is 12.0. The van der Waals surface area contributed by atoms with Crippen LogP contribution in [0.2, 0.25) is 5.02 Å². The van der Waals surface area contributed by atoms with Crippen LogP contribution in [-0.2, 0) is 6.42 Å². The summed E-state index contributed by atoms with van der Waals surface area (Å²) in [6, 6.07) is 4.13. The maximum atomic E-state index is 12.0. The first-order valence-electron chi connectivity index (χ1n) is 4.90. The Morgan fingerprint density at radius 3 is 2.29 bits per heavy atom. The zero-order chi connectivity index (χ0) is 13.3. The van der Waals surface area contributed by atoms with E-state index in [9.17, 15) is 13.2 Å². The number of ether oxygens (including phenoxy) is 1. The molecule has 0 amide bonds. The Bertz CT molecular complexity index is 399. The van der Waals surface area contributed by atoms with Crippen LogP contribution >= 0.6 is 11.6 Å². The minimum absolute atomic E-state index is 0.0796. The predicted molar refractivity (Wildman–Crippen MR) is 60.1 cm³/mol. The monoisotopic (exact) mass is 267 g/mol. The minimum Gasteiger partial charge on any atom is -0.404 e. The van der Waals surface area contributed by atoms with Crippen molar-refractivity contribution in [2.75, 3.05) is 0 Å². The number of hydrogen-bond donors (Lipinski definition) is 1. The van der Waals surface area contributed by atoms with Crippen molar-refractivity contribution in [1.82, 2.24) is 0 Å². The van der Waals surface area contributed by atoms with Crippen molar-refractivity contribution in [3.8, 4) is 5.75 Å². The zero-order valence-corrected chi connectivity index (χ0v) is 10.2. The lowest BCUT2D eigenvalue weighted by molar-refractivity contribution is -0.274. The van der Waals surface area contributed by atoms with E-state index in [1.807, 2.05) is 13.8 Å². The summed E-state index contributed by atoms with van der Waals surface area (Å²) in [6.45, 7) is 3.64. The quantitative estimate of drug-likeness (QED) is 0.909. The van der Waals surface area contributed by atoms with E-state index in [0.29, 0.717) is 6.42 Å². The molecule has 0 saturated heterocycles. The van der Waals surface area contributed by atoms with Gasteiger partial charge in [0.05, 0.1) is 5.02 Å². The molecule has 6 heteroatoms. The summed E-state index contributed by atoms with van der Waals surface area (Å²) in [5.41, 5.74) is 6.12. The van der Waals surface area contributed by atoms with Crippen LogP contribution in [0.25, 0.3) is 0 Å². The van der Waals surface area contributed by atoms with Gasteiger partial charge in [0, 0.05) is 5.54 Å². The molecule has 1 rings (SSSR count). The zero-order valence-electron chi connectivity index (χ0n) is 9.44. The van der Waals surface area contributed by atoms with E-state index in [1.165, 1.54) is 18.2 Å². The number of nitrogens with two attached hydrogens (primary N) is 1. The van der Waals surface area contributed by atoms with E-state index in [4.69, 9.17) is 17.3 Å². The summed E-state index contributed by atoms with van der Waals surface area (Å²) in [6.07, 6.45) is -4.22. The van der Waals surface area contributed by atoms with Crippen molar-refractivity contribution in [3.63, 3.8) is 0 Å². The van der Waals surface area contributed by atoms with E-state index in [1.54, 1.807) is 0 Å². The Morgan fingerprint density at radius 1 is 1.29 bits per heavy atom. The van der Waals surface area contributed by atoms with Crippen LogP contribution in [0, 0.1) is 0 Å². The molecule has 1 aromatic rings. The maximum Gasteiger partial charge on any atom is 0.573 e. The molecule has 2 N–H and O–H groups in total. The van der Waals surface area contributed by atoms with Gasteiger partial charge in [-0.05, 0) is 38.0 Å². The molecule has 0 unspecified atom stereocenters. The lowest BCUT2D eigenvalue weighted by Crippen LogP contribution is -2.34. The number of hydrogen-bond acceptors (Lipinski definition) is 2. The van der Waals surface area contributed by atoms with Crippen LogP contribution in [0.1, 0.15) is 19.4 Å². The molecular formula is C11H13ClF3NO. The van der Waals surface area contributed by atoms with Crippen molar-refractivity contribution >= 4 is 11.6 Å². The van der Waals surface area contributed by atoms with E-state index >= 15 is 0 Å². The third kappa shape index (κ3) is 5.28. The smallest absolute Gasteiger partial charge is 0.404 e. The lowest BCUT2D eigenvalue weighted by atomic mass is 9.96. The highest BCUT2D eigenvalue weighted by molar-refractivity contribution is 6.32. The van der Waals surface area contributed by atoms with Gasteiger partial charge in [0.15, 0.2) is 0 Å². The summed E-state index contributed by atoms with van der Waals surface area (Å²) < 4.78 is 39.7. The molecule has 0 aliphatic heterocycles. The van der Waals surface area contributed by atoms with Gasteiger partial charge in [0.25, 0.3) is 0 Å². The molecule has 0 heterocycles. The van der Waals surface area contributed by atoms with Crippen LogP contribution in [0.15, 0.2) is 18.2 Å². The van der Waals surface area contributed by atoms with Gasteiger partial charge >= 0.3 is 6.36 Å². The molecule has 0 aliphatic carbocycles. The van der Waals surface area contributed by atoms with Crippen LogP contribution in [-0.4, -0.2) is 11.9 Å². The second kappa shape index (κ2) is 4.74. The standard InChI is InChI=1S/C11H13ClF3NO/c1-10(2,16)6-7-3-4-9(8(12)5-7)17-11(13,14)15/h3-5H,6,16H2,1-2H3. The third-order valence-electron chi connectivity index (χ3n) is 1.88. The van der Waals surface area contributed by atoms with Crippen LogP contribution < -0.4 is 10.5 Å². The average Bonchev–Trinajstić information content (AvgIpc) is 2.05. The fraction of sp³-hybridized carbons (Fsp3) is 0.455. The molecule has 0 spiro atoms. The molecule has 96 valence electrons. The molecule has 0 atom stereocenters. The number of alkyl halides is 3. The molecule has 17 heavy (non-hydrogen) atoms. The Labute approximate surface area is 103 Å². The van der Waals surface area contributed by atoms with Gasteiger partial charge in [-0.3, -0.25) is 0 Å². The molecule has 0 bridgehead atoms. The third-order valence-corrected chi connectivity index (χ3v) is 2.18. The van der Waals surface area contributed by atoms with Gasteiger partial charge in [0.1, 0.15) is 5.75 Å². The van der Waals surface area contributed by atoms with Crippen molar-refractivity contribution < 1.29 is 17.9 Å². The molecule has 0 aromatic heterocycles. The van der Waals surface area contributed by atoms with Crippen molar-refractivity contribution in [2.24, 2.45) is 5.73 Å². The van der Waals surface area contributed by atoms with E-state index in [2.05, 4.69) is 4.74 Å². The molecule has 0 radical (unpaired) electrons. The fourth-order valence-corrected chi connectivity index (χ4v) is 1.63. The van der Waals surface area contributed by atoms with Gasteiger partial charge in [0.2, 0.25) is 0 Å². The van der Waals surface area contributed by atoms with Gasteiger partial charge < -0.3 is 10.5 Å². The normalized spacial score (nSPS) is 12.6. The second-order valence-electron chi connectivity index (χ2n) is 4.48. The number of halogens is 4. The Kier molecular flexibility index (Phi) is 3.94. The fourth-order valence-electron chi connectivity index (χ4n) is 1.39. The Hall–Kier alpha value is -0.940. The Balaban J connectivity index is 2.87. The Morgan fingerprint density at radius 2 is 1.88 bits per heavy atom. The highest BCUT2D eigenvalue weighted by Gasteiger charge is 2.32. The van der Waals surface area contributed by atoms with Crippen molar-refractivity contribution in [3.05, 3.63) is 28.8 Å². The lowest BCUT2D eigenvalue weighted by Gasteiger charge is -2.19. The largest absolute Gasteiger partial charge is 0.573 e. The molecule has 0 aliphatic rings. The summed E-state index contributed by atoms with van der Waals surface area (Å²) in [4.78, 5) is 0. The highest BCUT2D eigenvalue weighted by Crippen LogP contribution is 2.31. The first kappa shape index (κ1) is 14.1. The van der Waals surface area contributed by atoms with Crippen molar-refractivity contribution in [1.29, 1.82) is 0 Å².